The van der Waals surface area contributed by atoms with Gasteiger partial charge in [-0.3, -0.25) is 4.79 Å². The molecule has 3 nitrogen and oxygen atoms in total. The molecule has 0 spiro atoms. The zero-order valence-electron chi connectivity index (χ0n) is 15.2. The van der Waals surface area contributed by atoms with Gasteiger partial charge in [0.05, 0.1) is 12.5 Å². The van der Waals surface area contributed by atoms with Crippen LogP contribution in [0.1, 0.15) is 39.7 Å². The first kappa shape index (κ1) is 19.4. The molecule has 23 heavy (non-hydrogen) atoms. The van der Waals surface area contributed by atoms with Crippen LogP contribution in [0.5, 0.6) is 0 Å². The molecular weight excluding hydrogens is 286 g/mol. The third-order valence-electron chi connectivity index (χ3n) is 3.90. The Labute approximate surface area is 141 Å². The number of benzene rings is 1. The molecule has 0 atom stereocenters. The quantitative estimate of drug-likeness (QED) is 0.425. The zero-order valence-corrected chi connectivity index (χ0v) is 15.2. The van der Waals surface area contributed by atoms with E-state index in [1.807, 2.05) is 19.9 Å². The van der Waals surface area contributed by atoms with Crippen molar-refractivity contribution in [1.29, 1.82) is 0 Å². The second-order valence-corrected chi connectivity index (χ2v) is 7.38. The molecular formula is C20H31NO2. The van der Waals surface area contributed by atoms with E-state index in [2.05, 4.69) is 55.6 Å². The number of carbonyl (C=O) groups is 1. The largest absolute Gasteiger partial charge is 0.469 e. The molecule has 1 rings (SSSR count). The molecule has 0 heterocycles. The monoisotopic (exact) mass is 317 g/mol. The smallest absolute Gasteiger partial charge is 0.311 e. The Kier molecular flexibility index (Phi) is 7.50. The van der Waals surface area contributed by atoms with Gasteiger partial charge in [0, 0.05) is 6.54 Å². The number of carbonyl (C=O) groups excluding carboxylic acids is 1. The molecule has 0 aliphatic heterocycles. The lowest BCUT2D eigenvalue weighted by Crippen LogP contribution is -2.31. The van der Waals surface area contributed by atoms with Crippen molar-refractivity contribution in [3.63, 3.8) is 0 Å². The number of hydrogen-bond donors (Lipinski definition) is 1. The Morgan fingerprint density at radius 2 is 1.83 bits per heavy atom. The average molecular weight is 317 g/mol. The molecule has 0 amide bonds. The normalized spacial score (nSPS) is 12.6. The first-order valence-corrected chi connectivity index (χ1v) is 8.28. The molecule has 0 saturated heterocycles. The molecule has 0 bridgehead atoms. The van der Waals surface area contributed by atoms with Crippen molar-refractivity contribution in [2.45, 2.75) is 40.5 Å². The van der Waals surface area contributed by atoms with Crippen LogP contribution in [0, 0.1) is 10.8 Å². The summed E-state index contributed by atoms with van der Waals surface area (Å²) in [4.78, 5) is 11.8. The van der Waals surface area contributed by atoms with Crippen LogP contribution in [0.3, 0.4) is 0 Å². The number of esters is 1. The van der Waals surface area contributed by atoms with Crippen LogP contribution in [0.15, 0.2) is 42.5 Å². The molecule has 1 aromatic rings. The van der Waals surface area contributed by atoms with E-state index in [-0.39, 0.29) is 11.4 Å². The fraction of sp³-hybridized carbons (Fsp3) is 0.550. The van der Waals surface area contributed by atoms with E-state index in [1.165, 1.54) is 12.7 Å². The number of rotatable bonds is 9. The van der Waals surface area contributed by atoms with Crippen molar-refractivity contribution in [2.75, 3.05) is 20.2 Å². The van der Waals surface area contributed by atoms with E-state index in [0.717, 1.165) is 25.9 Å². The van der Waals surface area contributed by atoms with Gasteiger partial charge in [0.25, 0.3) is 0 Å². The first-order chi connectivity index (χ1) is 10.8. The van der Waals surface area contributed by atoms with Gasteiger partial charge in [-0.1, -0.05) is 56.3 Å². The number of allylic oxidation sites excluding steroid dienone is 1. The Morgan fingerprint density at radius 3 is 2.43 bits per heavy atom. The highest BCUT2D eigenvalue weighted by molar-refractivity contribution is 5.75. The third-order valence-corrected chi connectivity index (χ3v) is 3.90. The third kappa shape index (κ3) is 7.47. The van der Waals surface area contributed by atoms with Crippen molar-refractivity contribution in [1.82, 2.24) is 5.32 Å². The van der Waals surface area contributed by atoms with E-state index < -0.39 is 5.41 Å². The van der Waals surface area contributed by atoms with Crippen LogP contribution >= 0.6 is 0 Å². The van der Waals surface area contributed by atoms with Gasteiger partial charge < -0.3 is 10.1 Å². The maximum atomic E-state index is 11.8. The van der Waals surface area contributed by atoms with Crippen LogP contribution in [-0.2, 0) is 16.0 Å². The summed E-state index contributed by atoms with van der Waals surface area (Å²) in [6, 6.07) is 10.5. The molecule has 1 N–H and O–H groups in total. The number of nitrogens with one attached hydrogen (secondary N) is 1. The summed E-state index contributed by atoms with van der Waals surface area (Å²) in [7, 11) is 1.45. The van der Waals surface area contributed by atoms with Crippen LogP contribution in [0.25, 0.3) is 0 Å². The summed E-state index contributed by atoms with van der Waals surface area (Å²) in [5.41, 5.74) is 0.839. The zero-order chi connectivity index (χ0) is 17.3. The second kappa shape index (κ2) is 8.88. The molecule has 3 heteroatoms. The van der Waals surface area contributed by atoms with Crippen molar-refractivity contribution in [2.24, 2.45) is 10.8 Å². The van der Waals surface area contributed by atoms with E-state index in [9.17, 15) is 4.79 Å². The van der Waals surface area contributed by atoms with Gasteiger partial charge in [0.2, 0.25) is 0 Å². The van der Waals surface area contributed by atoms with E-state index in [4.69, 9.17) is 4.74 Å². The van der Waals surface area contributed by atoms with Gasteiger partial charge in [0.1, 0.15) is 0 Å². The minimum Gasteiger partial charge on any atom is -0.469 e. The molecule has 0 saturated carbocycles. The van der Waals surface area contributed by atoms with Gasteiger partial charge in [-0.15, -0.1) is 0 Å². The van der Waals surface area contributed by atoms with Crippen LogP contribution in [0.4, 0.5) is 0 Å². The standard InChI is InChI=1S/C20H31NO2/c1-19(2,16-20(3,4)18(22)23-5)13-9-14-21-15-12-17-10-7-6-8-11-17/h6-11,13,21H,12,14-16H2,1-5H3/b13-9+. The fourth-order valence-corrected chi connectivity index (χ4v) is 2.99. The lowest BCUT2D eigenvalue weighted by Gasteiger charge is -2.30. The van der Waals surface area contributed by atoms with E-state index in [1.54, 1.807) is 0 Å². The summed E-state index contributed by atoms with van der Waals surface area (Å²) >= 11 is 0. The molecule has 0 aliphatic carbocycles. The van der Waals surface area contributed by atoms with Crippen molar-refractivity contribution in [3.05, 3.63) is 48.0 Å². The topological polar surface area (TPSA) is 38.3 Å². The van der Waals surface area contributed by atoms with E-state index >= 15 is 0 Å². The van der Waals surface area contributed by atoms with Crippen LogP contribution < -0.4 is 5.32 Å². The number of methoxy groups -OCH3 is 1. The number of ether oxygens (including phenoxy) is 1. The lowest BCUT2D eigenvalue weighted by molar-refractivity contribution is -0.152. The minimum absolute atomic E-state index is 0.0429. The SMILES string of the molecule is COC(=O)C(C)(C)CC(C)(C)/C=C/CNCCc1ccccc1. The minimum atomic E-state index is -0.469. The van der Waals surface area contributed by atoms with Gasteiger partial charge in [-0.05, 0) is 44.2 Å². The highest BCUT2D eigenvalue weighted by Gasteiger charge is 2.34. The van der Waals surface area contributed by atoms with Crippen LogP contribution in [-0.4, -0.2) is 26.2 Å². The second-order valence-electron chi connectivity index (χ2n) is 7.38. The summed E-state index contributed by atoms with van der Waals surface area (Å²) in [6.45, 7) is 9.98. The summed E-state index contributed by atoms with van der Waals surface area (Å²) in [5, 5.41) is 3.42. The number of hydrogen-bond acceptors (Lipinski definition) is 3. The van der Waals surface area contributed by atoms with Crippen LogP contribution in [0.2, 0.25) is 0 Å². The molecule has 0 aliphatic rings. The lowest BCUT2D eigenvalue weighted by atomic mass is 9.75. The fourth-order valence-electron chi connectivity index (χ4n) is 2.99. The van der Waals surface area contributed by atoms with Gasteiger partial charge in [0.15, 0.2) is 0 Å². The predicted octanol–water partition coefficient (Wildman–Crippen LogP) is 3.99. The first-order valence-electron chi connectivity index (χ1n) is 8.28. The highest BCUT2D eigenvalue weighted by atomic mass is 16.5. The highest BCUT2D eigenvalue weighted by Crippen LogP contribution is 2.35. The van der Waals surface area contributed by atoms with Gasteiger partial charge >= 0.3 is 5.97 Å². The maximum absolute atomic E-state index is 11.8. The molecule has 0 fully saturated rings. The molecule has 1 aromatic carbocycles. The van der Waals surface area contributed by atoms with Gasteiger partial charge in [-0.25, -0.2) is 0 Å². The molecule has 0 unspecified atom stereocenters. The van der Waals surface area contributed by atoms with Crippen molar-refractivity contribution in [3.8, 4) is 0 Å². The van der Waals surface area contributed by atoms with Crippen molar-refractivity contribution < 1.29 is 9.53 Å². The summed E-state index contributed by atoms with van der Waals surface area (Å²) in [6.07, 6.45) is 6.13. The summed E-state index contributed by atoms with van der Waals surface area (Å²) in [5.74, 6) is -0.153. The Bertz CT molecular complexity index is 504. The predicted molar refractivity (Wildman–Crippen MR) is 96.4 cm³/mol. The van der Waals surface area contributed by atoms with E-state index in [0.29, 0.717) is 0 Å². The Morgan fingerprint density at radius 1 is 1.17 bits per heavy atom. The van der Waals surface area contributed by atoms with Crippen molar-refractivity contribution >= 4 is 5.97 Å². The maximum Gasteiger partial charge on any atom is 0.311 e. The molecule has 128 valence electrons. The van der Waals surface area contributed by atoms with Gasteiger partial charge in [-0.2, -0.15) is 0 Å². The molecule has 0 radical (unpaired) electrons. The average Bonchev–Trinajstić information content (AvgIpc) is 2.49. The molecule has 0 aromatic heterocycles. The Balaban J connectivity index is 2.33. The Hall–Kier alpha value is -1.61. The summed E-state index contributed by atoms with van der Waals surface area (Å²) < 4.78 is 4.89.